The number of hydrogen-bond donors (Lipinski definition) is 1. The van der Waals surface area contributed by atoms with Crippen molar-refractivity contribution in [3.8, 4) is 5.75 Å². The van der Waals surface area contributed by atoms with Gasteiger partial charge >= 0.3 is 0 Å². The van der Waals surface area contributed by atoms with Crippen LogP contribution in [0.3, 0.4) is 0 Å². The number of carbonyl (C=O) groups excluding carboxylic acids is 1. The Labute approximate surface area is 199 Å². The zero-order valence-corrected chi connectivity index (χ0v) is 18.6. The second-order valence-corrected chi connectivity index (χ2v) is 7.78. The molecule has 4 aromatic rings. The third-order valence-corrected chi connectivity index (χ3v) is 5.23. The summed E-state index contributed by atoms with van der Waals surface area (Å²) >= 11 is 6.05. The minimum Gasteiger partial charge on any atom is -0.479 e. The lowest BCUT2D eigenvalue weighted by atomic mass is 10.2. The summed E-state index contributed by atoms with van der Waals surface area (Å²) in [5.74, 6) is -9.03. The van der Waals surface area contributed by atoms with E-state index in [0.717, 1.165) is 0 Å². The minimum absolute atomic E-state index is 0.0359. The highest BCUT2D eigenvalue weighted by atomic mass is 35.5. The quantitative estimate of drug-likeness (QED) is 0.244. The molecule has 2 heterocycles. The molecule has 0 spiro atoms. The van der Waals surface area contributed by atoms with Gasteiger partial charge in [-0.25, -0.2) is 13.2 Å². The highest BCUT2D eigenvalue weighted by Crippen LogP contribution is 2.27. The SMILES string of the molecule is Cc1cc(NC(=O)c2ccc(COc3c(F)c(F)cc(F)c3F)o2)nn1Cc1ccc(F)cc1Cl. The summed E-state index contributed by atoms with van der Waals surface area (Å²) in [5.41, 5.74) is 1.31. The van der Waals surface area contributed by atoms with Gasteiger partial charge in [0.25, 0.3) is 5.91 Å². The molecule has 0 aliphatic rings. The van der Waals surface area contributed by atoms with E-state index in [0.29, 0.717) is 11.3 Å². The van der Waals surface area contributed by atoms with Gasteiger partial charge in [-0.15, -0.1) is 0 Å². The molecular weight excluding hydrogens is 497 g/mol. The summed E-state index contributed by atoms with van der Waals surface area (Å²) in [6.07, 6.45) is 0. The number of halogens is 6. The zero-order chi connectivity index (χ0) is 25.3. The Hall–Kier alpha value is -3.86. The van der Waals surface area contributed by atoms with Crippen LogP contribution in [0.4, 0.5) is 27.8 Å². The molecule has 4 rings (SSSR count). The standard InChI is InChI=1S/C23H15ClF5N3O3/c1-11-6-19(31-32(11)9-12-2-3-13(25)7-15(12)24)30-23(33)18-5-4-14(35-18)10-34-22-20(28)16(26)8-17(27)21(22)29/h2-8H,9-10H2,1H3,(H,30,31,33). The van der Waals surface area contributed by atoms with Crippen molar-refractivity contribution in [3.05, 3.63) is 99.4 Å². The molecule has 0 aliphatic carbocycles. The third kappa shape index (κ3) is 5.29. The lowest BCUT2D eigenvalue weighted by Gasteiger charge is -2.08. The van der Waals surface area contributed by atoms with Crippen LogP contribution in [0.25, 0.3) is 0 Å². The van der Waals surface area contributed by atoms with Gasteiger partial charge in [0, 0.05) is 22.8 Å². The van der Waals surface area contributed by atoms with E-state index >= 15 is 0 Å². The molecule has 0 saturated heterocycles. The highest BCUT2D eigenvalue weighted by Gasteiger charge is 2.21. The fourth-order valence-electron chi connectivity index (χ4n) is 3.12. The molecule has 0 saturated carbocycles. The van der Waals surface area contributed by atoms with Crippen LogP contribution in [0.1, 0.15) is 27.6 Å². The maximum absolute atomic E-state index is 13.7. The first kappa shape index (κ1) is 24.3. The van der Waals surface area contributed by atoms with Crippen molar-refractivity contribution < 1.29 is 35.9 Å². The van der Waals surface area contributed by atoms with E-state index in [2.05, 4.69) is 10.4 Å². The molecule has 0 radical (unpaired) electrons. The Bertz CT molecular complexity index is 1390. The molecule has 0 aliphatic heterocycles. The average Bonchev–Trinajstić information content (AvgIpc) is 3.41. The molecule has 35 heavy (non-hydrogen) atoms. The number of carbonyl (C=O) groups is 1. The monoisotopic (exact) mass is 511 g/mol. The molecular formula is C23H15ClF5N3O3. The number of furan rings is 1. The van der Waals surface area contributed by atoms with Gasteiger partial charge < -0.3 is 14.5 Å². The molecule has 0 unspecified atom stereocenters. The Kier molecular flexibility index (Phi) is 6.79. The average molecular weight is 512 g/mol. The van der Waals surface area contributed by atoms with Crippen LogP contribution in [0.15, 0.2) is 46.9 Å². The number of nitrogens with one attached hydrogen (secondary N) is 1. The van der Waals surface area contributed by atoms with E-state index in [1.54, 1.807) is 17.7 Å². The molecule has 2 aromatic carbocycles. The van der Waals surface area contributed by atoms with Gasteiger partial charge in [0.15, 0.2) is 29.0 Å². The topological polar surface area (TPSA) is 69.3 Å². The van der Waals surface area contributed by atoms with Crippen LogP contribution in [0.5, 0.6) is 5.75 Å². The number of aromatic nitrogens is 2. The molecule has 6 nitrogen and oxygen atoms in total. The molecule has 0 atom stereocenters. The second-order valence-electron chi connectivity index (χ2n) is 7.37. The summed E-state index contributed by atoms with van der Waals surface area (Å²) in [6.45, 7) is 1.38. The van der Waals surface area contributed by atoms with Crippen molar-refractivity contribution >= 4 is 23.3 Å². The van der Waals surface area contributed by atoms with Crippen molar-refractivity contribution in [2.75, 3.05) is 5.32 Å². The van der Waals surface area contributed by atoms with E-state index in [4.69, 9.17) is 20.8 Å². The predicted molar refractivity (Wildman–Crippen MR) is 115 cm³/mol. The van der Waals surface area contributed by atoms with Crippen molar-refractivity contribution in [1.82, 2.24) is 9.78 Å². The maximum atomic E-state index is 13.7. The Morgan fingerprint density at radius 2 is 1.77 bits per heavy atom. The van der Waals surface area contributed by atoms with E-state index in [1.165, 1.54) is 30.3 Å². The second kappa shape index (κ2) is 9.79. The number of aryl methyl sites for hydroxylation is 1. The van der Waals surface area contributed by atoms with Crippen LogP contribution in [-0.4, -0.2) is 15.7 Å². The van der Waals surface area contributed by atoms with Gasteiger partial charge in [-0.2, -0.15) is 13.9 Å². The summed E-state index contributed by atoms with van der Waals surface area (Å²) in [6, 6.07) is 8.20. The van der Waals surface area contributed by atoms with Crippen LogP contribution < -0.4 is 10.1 Å². The number of ether oxygens (including phenoxy) is 1. The first-order valence-corrected chi connectivity index (χ1v) is 10.3. The maximum Gasteiger partial charge on any atom is 0.292 e. The highest BCUT2D eigenvalue weighted by molar-refractivity contribution is 6.31. The van der Waals surface area contributed by atoms with E-state index in [9.17, 15) is 26.7 Å². The third-order valence-electron chi connectivity index (χ3n) is 4.87. The van der Waals surface area contributed by atoms with Crippen LogP contribution in [0, 0.1) is 36.0 Å². The van der Waals surface area contributed by atoms with Crippen molar-refractivity contribution in [2.24, 2.45) is 0 Å². The van der Waals surface area contributed by atoms with Crippen LogP contribution in [0.2, 0.25) is 5.02 Å². The lowest BCUT2D eigenvalue weighted by molar-refractivity contribution is 0.0991. The molecule has 0 fully saturated rings. The number of hydrogen-bond acceptors (Lipinski definition) is 4. The van der Waals surface area contributed by atoms with Crippen molar-refractivity contribution in [2.45, 2.75) is 20.1 Å². The molecule has 182 valence electrons. The largest absolute Gasteiger partial charge is 0.479 e. The smallest absolute Gasteiger partial charge is 0.292 e. The van der Waals surface area contributed by atoms with E-state index < -0.39 is 47.3 Å². The minimum atomic E-state index is -1.69. The Morgan fingerprint density at radius 3 is 2.46 bits per heavy atom. The number of amides is 1. The molecule has 0 bridgehead atoms. The van der Waals surface area contributed by atoms with Gasteiger partial charge in [0.1, 0.15) is 18.2 Å². The van der Waals surface area contributed by atoms with E-state index in [1.807, 2.05) is 0 Å². The van der Waals surface area contributed by atoms with Gasteiger partial charge in [-0.05, 0) is 36.8 Å². The number of nitrogens with zero attached hydrogens (tertiary/aromatic N) is 2. The van der Waals surface area contributed by atoms with Gasteiger partial charge in [0.2, 0.25) is 11.6 Å². The molecule has 12 heteroatoms. The lowest BCUT2D eigenvalue weighted by Crippen LogP contribution is -2.12. The number of rotatable bonds is 7. The van der Waals surface area contributed by atoms with Crippen molar-refractivity contribution in [3.63, 3.8) is 0 Å². The van der Waals surface area contributed by atoms with Crippen LogP contribution in [-0.2, 0) is 13.2 Å². The predicted octanol–water partition coefficient (Wildman–Crippen LogP) is 6.01. The zero-order valence-electron chi connectivity index (χ0n) is 17.8. The van der Waals surface area contributed by atoms with E-state index in [-0.39, 0.29) is 35.0 Å². The fraction of sp³-hybridized carbons (Fsp3) is 0.130. The summed E-state index contributed by atoms with van der Waals surface area (Å²) < 4.78 is 78.9. The first-order valence-electron chi connectivity index (χ1n) is 9.96. The van der Waals surface area contributed by atoms with Crippen molar-refractivity contribution in [1.29, 1.82) is 0 Å². The summed E-state index contributed by atoms with van der Waals surface area (Å²) in [4.78, 5) is 12.5. The summed E-state index contributed by atoms with van der Waals surface area (Å²) in [5, 5.41) is 7.03. The number of anilines is 1. The Morgan fingerprint density at radius 1 is 1.06 bits per heavy atom. The fourth-order valence-corrected chi connectivity index (χ4v) is 3.35. The van der Waals surface area contributed by atoms with Gasteiger partial charge in [-0.3, -0.25) is 9.48 Å². The molecule has 2 aromatic heterocycles. The Balaban J connectivity index is 1.41. The number of benzene rings is 2. The molecule has 1 amide bonds. The normalized spacial score (nSPS) is 11.1. The van der Waals surface area contributed by atoms with Crippen LogP contribution >= 0.6 is 11.6 Å². The van der Waals surface area contributed by atoms with Gasteiger partial charge in [0.05, 0.1) is 6.54 Å². The first-order chi connectivity index (χ1) is 16.6. The molecule has 1 N–H and O–H groups in total. The summed E-state index contributed by atoms with van der Waals surface area (Å²) in [7, 11) is 0. The van der Waals surface area contributed by atoms with Gasteiger partial charge in [-0.1, -0.05) is 17.7 Å².